The normalized spacial score (nSPS) is 12.7. The molecular weight excluding hydrogens is 304 g/mol. The van der Waals surface area contributed by atoms with Gasteiger partial charge in [0.1, 0.15) is 0 Å². The minimum absolute atomic E-state index is 0.390. The van der Waals surface area contributed by atoms with Crippen LogP contribution in [0.5, 0.6) is 0 Å². The molecule has 1 aromatic heterocycles. The molecule has 0 radical (unpaired) electrons. The molecule has 0 N–H and O–H groups in total. The first-order valence-corrected chi connectivity index (χ1v) is 7.77. The monoisotopic (exact) mass is 316 g/mol. The van der Waals surface area contributed by atoms with E-state index in [1.807, 2.05) is 11.3 Å². The van der Waals surface area contributed by atoms with Crippen LogP contribution < -0.4 is 0 Å². The number of rotatable bonds is 3. The van der Waals surface area contributed by atoms with Gasteiger partial charge >= 0.3 is 0 Å². The van der Waals surface area contributed by atoms with E-state index < -0.39 is 0 Å². The lowest BCUT2D eigenvalue weighted by molar-refractivity contribution is 0.971. The second kappa shape index (κ2) is 5.25. The molecule has 90 valence electrons. The Hall–Kier alpha value is -1.12. The number of hydrogen-bond acceptors (Lipinski definition) is 1. The molecule has 0 spiro atoms. The molecule has 0 aliphatic heterocycles. The van der Waals surface area contributed by atoms with Crippen LogP contribution >= 0.6 is 27.3 Å². The fourth-order valence-electron chi connectivity index (χ4n) is 2.13. The quantitative estimate of drug-likeness (QED) is 0.553. The summed E-state index contributed by atoms with van der Waals surface area (Å²) >= 11 is 5.62. The smallest absolute Gasteiger partial charge is 0.0443 e. The molecule has 2 aromatic carbocycles. The van der Waals surface area contributed by atoms with Crippen LogP contribution in [-0.2, 0) is 6.42 Å². The number of benzene rings is 2. The largest absolute Gasteiger partial charge is 0.149 e. The average molecular weight is 317 g/mol. The maximum absolute atomic E-state index is 3.80. The summed E-state index contributed by atoms with van der Waals surface area (Å²) < 4.78 is 0. The number of fused-ring (bicyclic) bond motifs is 1. The Kier molecular flexibility index (Phi) is 3.48. The number of hydrogen-bond donors (Lipinski definition) is 0. The van der Waals surface area contributed by atoms with E-state index in [-0.39, 0.29) is 0 Å². The molecule has 0 aliphatic rings. The van der Waals surface area contributed by atoms with E-state index in [1.165, 1.54) is 21.2 Å². The van der Waals surface area contributed by atoms with Crippen molar-refractivity contribution >= 4 is 38.0 Å². The van der Waals surface area contributed by atoms with Gasteiger partial charge in [-0.25, -0.2) is 0 Å². The molecule has 0 aliphatic carbocycles. The van der Waals surface area contributed by atoms with Gasteiger partial charge in [0.15, 0.2) is 0 Å². The Morgan fingerprint density at radius 2 is 1.78 bits per heavy atom. The topological polar surface area (TPSA) is 0 Å². The van der Waals surface area contributed by atoms with Crippen molar-refractivity contribution in [2.75, 3.05) is 0 Å². The van der Waals surface area contributed by atoms with Crippen LogP contribution in [-0.4, -0.2) is 0 Å². The van der Waals surface area contributed by atoms with E-state index in [0.29, 0.717) is 4.83 Å². The van der Waals surface area contributed by atoms with Crippen LogP contribution in [0.4, 0.5) is 0 Å². The summed E-state index contributed by atoms with van der Waals surface area (Å²) in [4.78, 5) is 1.81. The van der Waals surface area contributed by atoms with Gasteiger partial charge in [0.05, 0.1) is 0 Å². The lowest BCUT2D eigenvalue weighted by Crippen LogP contribution is -1.93. The first-order chi connectivity index (χ1) is 8.83. The number of thiophene rings is 1. The summed E-state index contributed by atoms with van der Waals surface area (Å²) in [6.07, 6.45) is 1.05. The molecule has 1 unspecified atom stereocenters. The maximum atomic E-state index is 3.80. The van der Waals surface area contributed by atoms with E-state index in [4.69, 9.17) is 0 Å². The zero-order valence-electron chi connectivity index (χ0n) is 9.84. The van der Waals surface area contributed by atoms with Gasteiger partial charge in [-0.2, -0.15) is 0 Å². The highest BCUT2D eigenvalue weighted by molar-refractivity contribution is 9.09. The molecule has 0 saturated heterocycles. The second-order valence-corrected chi connectivity index (χ2v) is 6.50. The van der Waals surface area contributed by atoms with Crippen molar-refractivity contribution in [3.63, 3.8) is 0 Å². The highest BCUT2D eigenvalue weighted by atomic mass is 79.9. The fourth-order valence-corrected chi connectivity index (χ4v) is 3.73. The van der Waals surface area contributed by atoms with Crippen molar-refractivity contribution in [1.29, 1.82) is 0 Å². The predicted molar refractivity (Wildman–Crippen MR) is 83.6 cm³/mol. The van der Waals surface area contributed by atoms with E-state index in [1.54, 1.807) is 0 Å². The van der Waals surface area contributed by atoms with Crippen molar-refractivity contribution < 1.29 is 0 Å². The van der Waals surface area contributed by atoms with Gasteiger partial charge in [-0.15, -0.1) is 11.3 Å². The van der Waals surface area contributed by atoms with Crippen molar-refractivity contribution in [2.24, 2.45) is 0 Å². The van der Waals surface area contributed by atoms with Gasteiger partial charge in [-0.1, -0.05) is 64.5 Å². The Balaban J connectivity index is 1.89. The minimum atomic E-state index is 0.390. The molecular formula is C16H13BrS. The first-order valence-electron chi connectivity index (χ1n) is 5.98. The summed E-state index contributed by atoms with van der Waals surface area (Å²) in [5.41, 5.74) is 1.35. The van der Waals surface area contributed by atoms with E-state index in [0.717, 1.165) is 6.42 Å². The molecule has 0 nitrogen and oxygen atoms in total. The van der Waals surface area contributed by atoms with E-state index >= 15 is 0 Å². The van der Waals surface area contributed by atoms with Crippen molar-refractivity contribution in [1.82, 2.24) is 0 Å². The van der Waals surface area contributed by atoms with Crippen molar-refractivity contribution in [2.45, 2.75) is 11.2 Å². The molecule has 3 aromatic rings. The fraction of sp³-hybridized carbons (Fsp3) is 0.125. The average Bonchev–Trinajstić information content (AvgIpc) is 2.91. The standard InChI is InChI=1S/C16H13BrS/c17-16(11-15-6-3-9-18-15)14-8-7-12-4-1-2-5-13(12)10-14/h1-10,16H,11H2. The van der Waals surface area contributed by atoms with Crippen LogP contribution in [0.1, 0.15) is 15.3 Å². The van der Waals surface area contributed by atoms with Gasteiger partial charge in [0.2, 0.25) is 0 Å². The van der Waals surface area contributed by atoms with Crippen LogP contribution in [0.2, 0.25) is 0 Å². The Morgan fingerprint density at radius 3 is 2.56 bits per heavy atom. The van der Waals surface area contributed by atoms with Crippen molar-refractivity contribution in [3.8, 4) is 0 Å². The summed E-state index contributed by atoms with van der Waals surface area (Å²) in [6.45, 7) is 0. The van der Waals surface area contributed by atoms with Crippen LogP contribution in [0.25, 0.3) is 10.8 Å². The maximum Gasteiger partial charge on any atom is 0.0443 e. The predicted octanol–water partition coefficient (Wildman–Crippen LogP) is 5.58. The minimum Gasteiger partial charge on any atom is -0.149 e. The Bertz CT molecular complexity index is 643. The third kappa shape index (κ3) is 2.50. The molecule has 0 bridgehead atoms. The molecule has 3 rings (SSSR count). The van der Waals surface area contributed by atoms with Gasteiger partial charge in [0.25, 0.3) is 0 Å². The lowest BCUT2D eigenvalue weighted by atomic mass is 10.0. The molecule has 1 atom stereocenters. The highest BCUT2D eigenvalue weighted by Crippen LogP contribution is 2.30. The summed E-state index contributed by atoms with van der Waals surface area (Å²) in [5, 5.41) is 4.75. The van der Waals surface area contributed by atoms with Crippen molar-refractivity contribution in [3.05, 3.63) is 70.4 Å². The third-order valence-corrected chi connectivity index (χ3v) is 4.85. The Morgan fingerprint density at radius 1 is 0.944 bits per heavy atom. The summed E-state index contributed by atoms with van der Waals surface area (Å²) in [6, 6.07) is 19.5. The highest BCUT2D eigenvalue weighted by Gasteiger charge is 2.09. The molecule has 0 saturated carbocycles. The van der Waals surface area contributed by atoms with Crippen LogP contribution in [0, 0.1) is 0 Å². The number of halogens is 1. The zero-order valence-corrected chi connectivity index (χ0v) is 12.2. The van der Waals surface area contributed by atoms with E-state index in [9.17, 15) is 0 Å². The summed E-state index contributed by atoms with van der Waals surface area (Å²) in [5.74, 6) is 0. The van der Waals surface area contributed by atoms with Gasteiger partial charge in [-0.05, 0) is 34.2 Å². The molecule has 0 amide bonds. The van der Waals surface area contributed by atoms with Crippen LogP contribution in [0.15, 0.2) is 60.0 Å². The van der Waals surface area contributed by atoms with Gasteiger partial charge in [-0.3, -0.25) is 0 Å². The lowest BCUT2D eigenvalue weighted by Gasteiger charge is -2.10. The van der Waals surface area contributed by atoms with E-state index in [2.05, 4.69) is 75.9 Å². The van der Waals surface area contributed by atoms with Gasteiger partial charge in [0, 0.05) is 9.70 Å². The Labute approximate surface area is 119 Å². The van der Waals surface area contributed by atoms with Crippen LogP contribution in [0.3, 0.4) is 0 Å². The third-order valence-electron chi connectivity index (χ3n) is 3.10. The number of alkyl halides is 1. The summed E-state index contributed by atoms with van der Waals surface area (Å²) in [7, 11) is 0. The molecule has 2 heteroatoms. The zero-order chi connectivity index (χ0) is 12.4. The first kappa shape index (κ1) is 11.9. The molecule has 18 heavy (non-hydrogen) atoms. The second-order valence-electron chi connectivity index (χ2n) is 4.36. The van der Waals surface area contributed by atoms with Gasteiger partial charge < -0.3 is 0 Å². The molecule has 1 heterocycles. The SMILES string of the molecule is BrC(Cc1cccs1)c1ccc2ccccc2c1. The molecule has 0 fully saturated rings.